The first-order valence-electron chi connectivity index (χ1n) is 3.43. The summed E-state index contributed by atoms with van der Waals surface area (Å²) in [5, 5.41) is 7.92. The number of halogens is 5. The summed E-state index contributed by atoms with van der Waals surface area (Å²) in [5.74, 6) is -11.6. The number of allylic oxidation sites excluding steroid dienone is 1. The van der Waals surface area contributed by atoms with Gasteiger partial charge in [-0.25, -0.2) is 9.18 Å². The molecule has 0 aliphatic rings. The number of carboxylic acid groups (broad SMARTS) is 1. The minimum absolute atomic E-state index is 0.156. The van der Waals surface area contributed by atoms with E-state index in [2.05, 4.69) is 0 Å². The van der Waals surface area contributed by atoms with Crippen molar-refractivity contribution in [3.05, 3.63) is 12.2 Å². The van der Waals surface area contributed by atoms with E-state index >= 15 is 0 Å². The van der Waals surface area contributed by atoms with Crippen molar-refractivity contribution < 1.29 is 31.9 Å². The summed E-state index contributed by atoms with van der Waals surface area (Å²) in [5.41, 5.74) is 0. The lowest BCUT2D eigenvalue weighted by atomic mass is 10.1. The van der Waals surface area contributed by atoms with Crippen LogP contribution >= 0.6 is 0 Å². The molecule has 0 aliphatic heterocycles. The summed E-state index contributed by atoms with van der Waals surface area (Å²) < 4.78 is 61.8. The normalized spacial score (nSPS) is 15.9. The summed E-state index contributed by atoms with van der Waals surface area (Å²) in [7, 11) is 0. The van der Waals surface area contributed by atoms with Crippen molar-refractivity contribution in [2.45, 2.75) is 24.9 Å². The molecule has 0 aliphatic carbocycles. The topological polar surface area (TPSA) is 37.3 Å². The molecule has 0 fully saturated rings. The van der Waals surface area contributed by atoms with Gasteiger partial charge in [0.2, 0.25) is 0 Å². The molecule has 0 saturated carbocycles. The van der Waals surface area contributed by atoms with Gasteiger partial charge >= 0.3 is 17.8 Å². The number of aliphatic carboxylic acids is 1. The lowest BCUT2D eigenvalue weighted by Crippen LogP contribution is -2.45. The third-order valence-corrected chi connectivity index (χ3v) is 1.38. The predicted molar refractivity (Wildman–Crippen MR) is 37.2 cm³/mol. The van der Waals surface area contributed by atoms with Gasteiger partial charge in [0.1, 0.15) is 0 Å². The summed E-state index contributed by atoms with van der Waals surface area (Å²) in [6, 6.07) is 0. The van der Waals surface area contributed by atoms with Crippen LogP contribution in [0.25, 0.3) is 0 Å². The van der Waals surface area contributed by atoms with Gasteiger partial charge in [0.05, 0.1) is 0 Å². The number of carboxylic acids is 1. The molecule has 0 heterocycles. The van der Waals surface area contributed by atoms with Gasteiger partial charge in [-0.1, -0.05) is 0 Å². The van der Waals surface area contributed by atoms with Crippen LogP contribution in [0.4, 0.5) is 22.0 Å². The van der Waals surface area contributed by atoms with Crippen LogP contribution in [-0.2, 0) is 4.79 Å². The Labute approximate surface area is 76.0 Å². The Morgan fingerprint density at radius 3 is 2.07 bits per heavy atom. The molecule has 0 bridgehead atoms. The zero-order valence-electron chi connectivity index (χ0n) is 6.98. The average Bonchev–Trinajstić information content (AvgIpc) is 2.00. The van der Waals surface area contributed by atoms with Crippen molar-refractivity contribution in [2.24, 2.45) is 0 Å². The Kier molecular flexibility index (Phi) is 3.61. The lowest BCUT2D eigenvalue weighted by Gasteiger charge is -2.24. The molecule has 0 rings (SSSR count). The van der Waals surface area contributed by atoms with Crippen molar-refractivity contribution in [3.8, 4) is 0 Å². The molecular formula is C7H7F5O2. The number of carbonyl (C=O) groups is 1. The molecule has 82 valence electrons. The van der Waals surface area contributed by atoms with Gasteiger partial charge in [0.25, 0.3) is 0 Å². The van der Waals surface area contributed by atoms with Crippen LogP contribution in [0.5, 0.6) is 0 Å². The Hall–Kier alpha value is -1.14. The van der Waals surface area contributed by atoms with Gasteiger partial charge in [-0.15, -0.1) is 0 Å². The molecule has 1 N–H and O–H groups in total. The van der Waals surface area contributed by atoms with Crippen LogP contribution < -0.4 is 0 Å². The van der Waals surface area contributed by atoms with Gasteiger partial charge in [-0.05, 0) is 13.0 Å². The fourth-order valence-corrected chi connectivity index (χ4v) is 0.552. The maximum absolute atomic E-state index is 12.5. The Bertz CT molecular complexity index is 246. The SMILES string of the molecule is CC(F)C(F)(F)C(F)(F)C=CC(=O)O. The highest BCUT2D eigenvalue weighted by Gasteiger charge is 2.58. The Morgan fingerprint density at radius 1 is 1.36 bits per heavy atom. The van der Waals surface area contributed by atoms with Crippen LogP contribution in [0.3, 0.4) is 0 Å². The molecule has 0 aromatic carbocycles. The fraction of sp³-hybridized carbons (Fsp3) is 0.571. The number of alkyl halides is 5. The number of rotatable bonds is 4. The highest BCUT2D eigenvalue weighted by Crippen LogP contribution is 2.39. The largest absolute Gasteiger partial charge is 0.478 e. The standard InChI is InChI=1S/C7H7F5O2/c1-4(8)7(11,12)6(9,10)3-2-5(13)14/h2-4H,1H3,(H,13,14). The Balaban J connectivity index is 4.85. The second kappa shape index (κ2) is 3.93. The molecule has 0 aromatic rings. The molecular weight excluding hydrogens is 211 g/mol. The second-order valence-electron chi connectivity index (χ2n) is 2.53. The van der Waals surface area contributed by atoms with E-state index in [0.29, 0.717) is 0 Å². The quantitative estimate of drug-likeness (QED) is 0.580. The summed E-state index contributed by atoms with van der Waals surface area (Å²) in [6.45, 7) is 0.266. The first-order valence-corrected chi connectivity index (χ1v) is 3.43. The van der Waals surface area contributed by atoms with E-state index in [1.807, 2.05) is 0 Å². The number of hydrogen-bond acceptors (Lipinski definition) is 1. The van der Waals surface area contributed by atoms with E-state index in [1.54, 1.807) is 0 Å². The van der Waals surface area contributed by atoms with Crippen LogP contribution in [0, 0.1) is 0 Å². The van der Waals surface area contributed by atoms with E-state index < -0.39 is 30.1 Å². The molecule has 1 atom stereocenters. The van der Waals surface area contributed by atoms with Gasteiger partial charge in [-0.2, -0.15) is 17.6 Å². The highest BCUT2D eigenvalue weighted by atomic mass is 19.3. The van der Waals surface area contributed by atoms with Crippen molar-refractivity contribution in [1.29, 1.82) is 0 Å². The van der Waals surface area contributed by atoms with Crippen LogP contribution in [0.2, 0.25) is 0 Å². The fourth-order valence-electron chi connectivity index (χ4n) is 0.552. The minimum Gasteiger partial charge on any atom is -0.478 e. The molecule has 0 amide bonds. The van der Waals surface area contributed by atoms with E-state index in [0.717, 1.165) is 0 Å². The molecule has 0 aromatic heterocycles. The molecule has 0 saturated heterocycles. The van der Waals surface area contributed by atoms with E-state index in [9.17, 15) is 26.7 Å². The zero-order valence-corrected chi connectivity index (χ0v) is 6.98. The summed E-state index contributed by atoms with van der Waals surface area (Å²) in [4.78, 5) is 9.78. The first kappa shape index (κ1) is 12.9. The van der Waals surface area contributed by atoms with E-state index in [1.165, 1.54) is 0 Å². The van der Waals surface area contributed by atoms with E-state index in [4.69, 9.17) is 5.11 Å². The van der Waals surface area contributed by atoms with Crippen LogP contribution in [0.1, 0.15) is 6.92 Å². The third-order valence-electron chi connectivity index (χ3n) is 1.38. The van der Waals surface area contributed by atoms with Gasteiger partial charge in [0, 0.05) is 6.08 Å². The predicted octanol–water partition coefficient (Wildman–Crippen LogP) is 2.26. The maximum atomic E-state index is 12.5. The van der Waals surface area contributed by atoms with Crippen LogP contribution in [0.15, 0.2) is 12.2 Å². The third kappa shape index (κ3) is 2.68. The van der Waals surface area contributed by atoms with Crippen molar-refractivity contribution >= 4 is 5.97 Å². The zero-order chi connectivity index (χ0) is 11.6. The molecule has 14 heavy (non-hydrogen) atoms. The van der Waals surface area contributed by atoms with Crippen molar-refractivity contribution in [3.63, 3.8) is 0 Å². The second-order valence-corrected chi connectivity index (χ2v) is 2.53. The lowest BCUT2D eigenvalue weighted by molar-refractivity contribution is -0.209. The molecule has 2 nitrogen and oxygen atoms in total. The van der Waals surface area contributed by atoms with Crippen molar-refractivity contribution in [1.82, 2.24) is 0 Å². The summed E-state index contributed by atoms with van der Waals surface area (Å²) >= 11 is 0. The first-order chi connectivity index (χ1) is 6.11. The monoisotopic (exact) mass is 218 g/mol. The van der Waals surface area contributed by atoms with Gasteiger partial charge in [0.15, 0.2) is 6.17 Å². The molecule has 1 unspecified atom stereocenters. The van der Waals surface area contributed by atoms with Gasteiger partial charge < -0.3 is 5.11 Å². The molecule has 0 spiro atoms. The molecule has 7 heteroatoms. The average molecular weight is 218 g/mol. The smallest absolute Gasteiger partial charge is 0.344 e. The summed E-state index contributed by atoms with van der Waals surface area (Å²) in [6.07, 6.45) is -3.77. The minimum atomic E-state index is -4.92. The highest BCUT2D eigenvalue weighted by molar-refractivity contribution is 5.79. The molecule has 0 radical (unpaired) electrons. The maximum Gasteiger partial charge on any atom is 0.344 e. The van der Waals surface area contributed by atoms with Crippen molar-refractivity contribution in [2.75, 3.05) is 0 Å². The Morgan fingerprint density at radius 2 is 1.79 bits per heavy atom. The number of hydrogen-bond donors (Lipinski definition) is 1. The van der Waals surface area contributed by atoms with Gasteiger partial charge in [-0.3, -0.25) is 0 Å². The van der Waals surface area contributed by atoms with E-state index in [-0.39, 0.29) is 13.0 Å². The van der Waals surface area contributed by atoms with Crippen LogP contribution in [-0.4, -0.2) is 29.1 Å².